The molecule has 0 bridgehead atoms. The van der Waals surface area contributed by atoms with Crippen molar-refractivity contribution in [3.05, 3.63) is 0 Å². The molecular formula is C12H24N2O3. The number of methoxy groups -OCH3 is 1. The van der Waals surface area contributed by atoms with Gasteiger partial charge >= 0.3 is 0 Å². The Hall–Kier alpha value is -0.650. The molecule has 1 unspecified atom stereocenters. The van der Waals surface area contributed by atoms with Crippen LogP contribution in [0.2, 0.25) is 0 Å². The molecule has 1 N–H and O–H groups in total. The number of nitrogens with zero attached hydrogens (tertiary/aromatic N) is 1. The van der Waals surface area contributed by atoms with Crippen molar-refractivity contribution in [3.8, 4) is 0 Å². The number of hydroxylamine groups is 1. The van der Waals surface area contributed by atoms with Crippen LogP contribution in [0.25, 0.3) is 0 Å². The summed E-state index contributed by atoms with van der Waals surface area (Å²) in [5, 5.41) is 0. The van der Waals surface area contributed by atoms with E-state index in [4.69, 9.17) is 9.57 Å². The first-order chi connectivity index (χ1) is 8.25. The van der Waals surface area contributed by atoms with Crippen molar-refractivity contribution in [1.29, 1.82) is 0 Å². The van der Waals surface area contributed by atoms with E-state index in [9.17, 15) is 4.79 Å². The summed E-state index contributed by atoms with van der Waals surface area (Å²) in [5.74, 6) is 0.129. The number of hydrogen-bond acceptors (Lipinski definition) is 4. The summed E-state index contributed by atoms with van der Waals surface area (Å²) in [6, 6.07) is -0.287. The minimum absolute atomic E-state index is 0.129. The largest absolute Gasteiger partial charge is 0.382 e. The van der Waals surface area contributed by atoms with Crippen molar-refractivity contribution < 1.29 is 14.4 Å². The first-order valence-electron chi connectivity index (χ1n) is 6.40. The molecule has 0 aromatic rings. The second kappa shape index (κ2) is 8.44. The summed E-state index contributed by atoms with van der Waals surface area (Å²) in [6.45, 7) is 4.57. The molecule has 1 saturated heterocycles. The van der Waals surface area contributed by atoms with Crippen LogP contribution in [0.4, 0.5) is 0 Å². The standard InChI is InChI=1S/C12H24N2O3/c1-11(13-17-10-9-16-2)12(15)14-7-5-3-4-6-8-14/h11,13H,3-10H2,1-2H3. The molecule has 0 saturated carbocycles. The predicted molar refractivity (Wildman–Crippen MR) is 65.5 cm³/mol. The number of ether oxygens (including phenoxy) is 1. The summed E-state index contributed by atoms with van der Waals surface area (Å²) in [4.78, 5) is 19.2. The predicted octanol–water partition coefficient (Wildman–Crippen LogP) is 0.945. The zero-order valence-corrected chi connectivity index (χ0v) is 10.9. The van der Waals surface area contributed by atoms with Crippen LogP contribution in [0.15, 0.2) is 0 Å². The minimum atomic E-state index is -0.287. The number of likely N-dealkylation sites (tertiary alicyclic amines) is 1. The second-order valence-electron chi connectivity index (χ2n) is 4.42. The number of carbonyl (C=O) groups is 1. The van der Waals surface area contributed by atoms with Gasteiger partial charge in [0, 0.05) is 20.2 Å². The highest BCUT2D eigenvalue weighted by Gasteiger charge is 2.21. The summed E-state index contributed by atoms with van der Waals surface area (Å²) in [7, 11) is 1.62. The normalized spacial score (nSPS) is 18.8. The minimum Gasteiger partial charge on any atom is -0.382 e. The van der Waals surface area contributed by atoms with Gasteiger partial charge < -0.3 is 9.64 Å². The Bertz CT molecular complexity index is 216. The third-order valence-corrected chi connectivity index (χ3v) is 2.94. The fourth-order valence-electron chi connectivity index (χ4n) is 1.92. The molecule has 5 heteroatoms. The highest BCUT2D eigenvalue weighted by molar-refractivity contribution is 5.81. The Morgan fingerprint density at radius 2 is 1.88 bits per heavy atom. The van der Waals surface area contributed by atoms with Gasteiger partial charge in [-0.2, -0.15) is 5.48 Å². The molecule has 0 radical (unpaired) electrons. The van der Waals surface area contributed by atoms with Gasteiger partial charge in [0.1, 0.15) is 6.04 Å². The zero-order chi connectivity index (χ0) is 12.5. The van der Waals surface area contributed by atoms with Crippen LogP contribution in [-0.4, -0.2) is 50.3 Å². The van der Waals surface area contributed by atoms with Crippen LogP contribution in [-0.2, 0) is 14.4 Å². The van der Waals surface area contributed by atoms with Crippen molar-refractivity contribution in [2.75, 3.05) is 33.4 Å². The van der Waals surface area contributed by atoms with E-state index in [0.29, 0.717) is 13.2 Å². The summed E-state index contributed by atoms with van der Waals surface area (Å²) < 4.78 is 4.86. The van der Waals surface area contributed by atoms with E-state index in [-0.39, 0.29) is 11.9 Å². The van der Waals surface area contributed by atoms with Gasteiger partial charge in [-0.3, -0.25) is 9.63 Å². The molecular weight excluding hydrogens is 220 g/mol. The molecule has 1 rings (SSSR count). The Balaban J connectivity index is 2.24. The van der Waals surface area contributed by atoms with Gasteiger partial charge in [0.2, 0.25) is 5.91 Å². The van der Waals surface area contributed by atoms with Crippen molar-refractivity contribution in [1.82, 2.24) is 10.4 Å². The lowest BCUT2D eigenvalue weighted by molar-refractivity contribution is -0.137. The van der Waals surface area contributed by atoms with E-state index < -0.39 is 0 Å². The molecule has 1 aliphatic heterocycles. The van der Waals surface area contributed by atoms with Crippen LogP contribution in [0.3, 0.4) is 0 Å². The number of rotatable bonds is 6. The summed E-state index contributed by atoms with van der Waals surface area (Å²) in [6.07, 6.45) is 4.69. The lowest BCUT2D eigenvalue weighted by Gasteiger charge is -2.24. The molecule has 1 aliphatic rings. The molecule has 0 spiro atoms. The van der Waals surface area contributed by atoms with Crippen molar-refractivity contribution in [2.45, 2.75) is 38.6 Å². The maximum absolute atomic E-state index is 12.1. The van der Waals surface area contributed by atoms with Crippen LogP contribution in [0.5, 0.6) is 0 Å². The molecule has 0 aromatic heterocycles. The summed E-state index contributed by atoms with van der Waals surface area (Å²) >= 11 is 0. The van der Waals surface area contributed by atoms with E-state index in [2.05, 4.69) is 5.48 Å². The van der Waals surface area contributed by atoms with Crippen molar-refractivity contribution in [3.63, 3.8) is 0 Å². The number of amides is 1. The smallest absolute Gasteiger partial charge is 0.241 e. The number of hydrogen-bond donors (Lipinski definition) is 1. The van der Waals surface area contributed by atoms with Gasteiger partial charge in [0.25, 0.3) is 0 Å². The topological polar surface area (TPSA) is 50.8 Å². The van der Waals surface area contributed by atoms with Gasteiger partial charge in [0.15, 0.2) is 0 Å². The van der Waals surface area contributed by atoms with Crippen molar-refractivity contribution >= 4 is 5.91 Å². The van der Waals surface area contributed by atoms with Crippen molar-refractivity contribution in [2.24, 2.45) is 0 Å². The molecule has 17 heavy (non-hydrogen) atoms. The monoisotopic (exact) mass is 244 g/mol. The van der Waals surface area contributed by atoms with Crippen LogP contribution >= 0.6 is 0 Å². The maximum atomic E-state index is 12.1. The Morgan fingerprint density at radius 1 is 1.24 bits per heavy atom. The molecule has 1 fully saturated rings. The average molecular weight is 244 g/mol. The van der Waals surface area contributed by atoms with Gasteiger partial charge in [0.05, 0.1) is 13.2 Å². The van der Waals surface area contributed by atoms with Crippen LogP contribution in [0.1, 0.15) is 32.6 Å². The first-order valence-corrected chi connectivity index (χ1v) is 6.40. The highest BCUT2D eigenvalue weighted by atomic mass is 16.7. The van der Waals surface area contributed by atoms with E-state index in [1.54, 1.807) is 7.11 Å². The molecule has 1 atom stereocenters. The van der Waals surface area contributed by atoms with Crippen LogP contribution in [0, 0.1) is 0 Å². The number of nitrogens with one attached hydrogen (secondary N) is 1. The Labute approximate surface area is 103 Å². The fraction of sp³-hybridized carbons (Fsp3) is 0.917. The Morgan fingerprint density at radius 3 is 2.47 bits per heavy atom. The van der Waals surface area contributed by atoms with E-state index in [1.165, 1.54) is 12.8 Å². The summed E-state index contributed by atoms with van der Waals surface area (Å²) in [5.41, 5.74) is 2.76. The van der Waals surface area contributed by atoms with Crippen LogP contribution < -0.4 is 5.48 Å². The molecule has 100 valence electrons. The SMILES string of the molecule is COCCONC(C)C(=O)N1CCCCCC1. The third kappa shape index (κ3) is 5.48. The zero-order valence-electron chi connectivity index (χ0n) is 10.9. The van der Waals surface area contributed by atoms with E-state index in [1.807, 2.05) is 11.8 Å². The molecule has 5 nitrogen and oxygen atoms in total. The lowest BCUT2D eigenvalue weighted by atomic mass is 10.2. The molecule has 1 amide bonds. The Kier molecular flexibility index (Phi) is 7.16. The molecule has 1 heterocycles. The molecule has 0 aliphatic carbocycles. The van der Waals surface area contributed by atoms with E-state index in [0.717, 1.165) is 25.9 Å². The first kappa shape index (κ1) is 14.4. The third-order valence-electron chi connectivity index (χ3n) is 2.94. The molecule has 0 aromatic carbocycles. The second-order valence-corrected chi connectivity index (χ2v) is 4.42. The maximum Gasteiger partial charge on any atom is 0.241 e. The van der Waals surface area contributed by atoms with E-state index >= 15 is 0 Å². The fourth-order valence-corrected chi connectivity index (χ4v) is 1.92. The van der Waals surface area contributed by atoms with Gasteiger partial charge in [-0.05, 0) is 19.8 Å². The highest BCUT2D eigenvalue weighted by Crippen LogP contribution is 2.10. The lowest BCUT2D eigenvalue weighted by Crippen LogP contribution is -2.45. The van der Waals surface area contributed by atoms with Gasteiger partial charge in [-0.15, -0.1) is 0 Å². The number of carbonyl (C=O) groups excluding carboxylic acids is 1. The average Bonchev–Trinajstić information content (AvgIpc) is 2.62. The quantitative estimate of drug-likeness (QED) is 0.558. The van der Waals surface area contributed by atoms with Gasteiger partial charge in [-0.1, -0.05) is 12.8 Å². The van der Waals surface area contributed by atoms with Gasteiger partial charge in [-0.25, -0.2) is 0 Å².